The van der Waals surface area contributed by atoms with Crippen LogP contribution in [0.3, 0.4) is 0 Å². The molecule has 17 heavy (non-hydrogen) atoms. The number of nitrogens with zero attached hydrogens (tertiary/aromatic N) is 1. The molecule has 0 bridgehead atoms. The van der Waals surface area contributed by atoms with Crippen LogP contribution in [0, 0.1) is 6.92 Å². The first-order valence-electron chi connectivity index (χ1n) is 6.03. The van der Waals surface area contributed by atoms with E-state index in [0.717, 1.165) is 31.4 Å². The van der Waals surface area contributed by atoms with E-state index in [-0.39, 0.29) is 5.91 Å². The highest BCUT2D eigenvalue weighted by atomic mass is 16.3. The molecule has 1 aromatic rings. The van der Waals surface area contributed by atoms with Gasteiger partial charge in [-0.2, -0.15) is 0 Å². The zero-order valence-corrected chi connectivity index (χ0v) is 10.1. The van der Waals surface area contributed by atoms with Crippen molar-refractivity contribution in [3.8, 4) is 0 Å². The Morgan fingerprint density at radius 1 is 1.47 bits per heavy atom. The van der Waals surface area contributed by atoms with Gasteiger partial charge in [0, 0.05) is 12.2 Å². The predicted octanol–water partition coefficient (Wildman–Crippen LogP) is 1.42. The highest BCUT2D eigenvalue weighted by Crippen LogP contribution is 2.28. The van der Waals surface area contributed by atoms with E-state index in [9.17, 15) is 9.90 Å². The Morgan fingerprint density at radius 3 is 2.82 bits per heavy atom. The number of pyridine rings is 1. The molecule has 0 saturated heterocycles. The fraction of sp³-hybridized carbons (Fsp3) is 0.538. The van der Waals surface area contributed by atoms with Crippen LogP contribution in [0.2, 0.25) is 0 Å². The second-order valence-corrected chi connectivity index (χ2v) is 4.78. The molecular weight excluding hydrogens is 216 g/mol. The lowest BCUT2D eigenvalue weighted by molar-refractivity contribution is 0.0448. The maximum Gasteiger partial charge on any atom is 0.269 e. The van der Waals surface area contributed by atoms with Crippen molar-refractivity contribution in [1.29, 1.82) is 0 Å². The summed E-state index contributed by atoms with van der Waals surface area (Å²) in [4.78, 5) is 16.0. The molecule has 1 saturated carbocycles. The van der Waals surface area contributed by atoms with Crippen LogP contribution >= 0.6 is 0 Å². The van der Waals surface area contributed by atoms with Gasteiger partial charge >= 0.3 is 0 Å². The summed E-state index contributed by atoms with van der Waals surface area (Å²) in [6, 6.07) is 5.34. The van der Waals surface area contributed by atoms with Crippen molar-refractivity contribution in [1.82, 2.24) is 10.3 Å². The van der Waals surface area contributed by atoms with Crippen LogP contribution in [0.5, 0.6) is 0 Å². The molecular formula is C13H18N2O2. The molecule has 4 heteroatoms. The molecule has 1 heterocycles. The Hall–Kier alpha value is -1.42. The van der Waals surface area contributed by atoms with E-state index in [1.54, 1.807) is 6.07 Å². The molecule has 0 aromatic carbocycles. The molecule has 0 atom stereocenters. The van der Waals surface area contributed by atoms with E-state index in [1.165, 1.54) is 0 Å². The molecule has 0 unspecified atom stereocenters. The number of rotatable bonds is 3. The summed E-state index contributed by atoms with van der Waals surface area (Å²) >= 11 is 0. The van der Waals surface area contributed by atoms with E-state index in [1.807, 2.05) is 19.1 Å². The Kier molecular flexibility index (Phi) is 3.43. The predicted molar refractivity (Wildman–Crippen MR) is 64.7 cm³/mol. The first kappa shape index (κ1) is 12.0. The van der Waals surface area contributed by atoms with E-state index in [4.69, 9.17) is 0 Å². The molecule has 1 amide bonds. The van der Waals surface area contributed by atoms with Crippen molar-refractivity contribution in [3.05, 3.63) is 29.6 Å². The van der Waals surface area contributed by atoms with Crippen LogP contribution in [0.4, 0.5) is 0 Å². The standard InChI is InChI=1S/C13H18N2O2/c1-10-5-4-6-11(15-10)12(16)14-9-13(17)7-2-3-8-13/h4-6,17H,2-3,7-9H2,1H3,(H,14,16). The lowest BCUT2D eigenvalue weighted by atomic mass is 10.0. The number of nitrogens with one attached hydrogen (secondary N) is 1. The van der Waals surface area contributed by atoms with E-state index >= 15 is 0 Å². The Labute approximate surface area is 101 Å². The highest BCUT2D eigenvalue weighted by molar-refractivity contribution is 5.92. The Bertz CT molecular complexity index is 412. The fourth-order valence-electron chi connectivity index (χ4n) is 2.21. The maximum absolute atomic E-state index is 11.8. The van der Waals surface area contributed by atoms with Crippen LogP contribution < -0.4 is 5.32 Å². The van der Waals surface area contributed by atoms with Gasteiger partial charge in [0.05, 0.1) is 5.60 Å². The highest BCUT2D eigenvalue weighted by Gasteiger charge is 2.31. The van der Waals surface area contributed by atoms with E-state index < -0.39 is 5.60 Å². The zero-order valence-electron chi connectivity index (χ0n) is 10.1. The van der Waals surface area contributed by atoms with Gasteiger partial charge in [0.25, 0.3) is 5.91 Å². The minimum atomic E-state index is -0.709. The first-order chi connectivity index (χ1) is 8.09. The first-order valence-corrected chi connectivity index (χ1v) is 6.03. The Balaban J connectivity index is 1.93. The lowest BCUT2D eigenvalue weighted by Gasteiger charge is -2.22. The summed E-state index contributed by atoms with van der Waals surface area (Å²) in [6.45, 7) is 2.17. The minimum absolute atomic E-state index is 0.214. The van der Waals surface area contributed by atoms with Gasteiger partial charge in [0.1, 0.15) is 5.69 Å². The second-order valence-electron chi connectivity index (χ2n) is 4.78. The molecule has 2 rings (SSSR count). The van der Waals surface area contributed by atoms with Crippen molar-refractivity contribution in [2.75, 3.05) is 6.54 Å². The summed E-state index contributed by atoms with van der Waals surface area (Å²) in [5.41, 5.74) is 0.517. The molecule has 2 N–H and O–H groups in total. The summed E-state index contributed by atoms with van der Waals surface area (Å²) < 4.78 is 0. The molecule has 1 fully saturated rings. The number of hydrogen-bond donors (Lipinski definition) is 2. The smallest absolute Gasteiger partial charge is 0.269 e. The average molecular weight is 234 g/mol. The van der Waals surface area contributed by atoms with Crippen LogP contribution in [0.15, 0.2) is 18.2 Å². The zero-order chi connectivity index (χ0) is 12.3. The van der Waals surface area contributed by atoms with E-state index in [0.29, 0.717) is 12.2 Å². The van der Waals surface area contributed by atoms with Crippen molar-refractivity contribution < 1.29 is 9.90 Å². The molecule has 92 valence electrons. The van der Waals surface area contributed by atoms with Crippen molar-refractivity contribution >= 4 is 5.91 Å². The molecule has 1 aliphatic rings. The molecule has 1 aromatic heterocycles. The third-order valence-corrected chi connectivity index (χ3v) is 3.23. The van der Waals surface area contributed by atoms with Gasteiger partial charge < -0.3 is 10.4 Å². The number of aryl methyl sites for hydroxylation is 1. The van der Waals surface area contributed by atoms with Gasteiger partial charge in [0.2, 0.25) is 0 Å². The lowest BCUT2D eigenvalue weighted by Crippen LogP contribution is -2.41. The second kappa shape index (κ2) is 4.84. The average Bonchev–Trinajstić information content (AvgIpc) is 2.74. The summed E-state index contributed by atoms with van der Waals surface area (Å²) in [5, 5.41) is 12.9. The van der Waals surface area contributed by atoms with Gasteiger partial charge in [-0.15, -0.1) is 0 Å². The number of hydrogen-bond acceptors (Lipinski definition) is 3. The molecule has 0 radical (unpaired) electrons. The van der Waals surface area contributed by atoms with Gasteiger partial charge in [0.15, 0.2) is 0 Å². The number of carbonyl (C=O) groups is 1. The summed E-state index contributed by atoms with van der Waals surface area (Å²) in [7, 11) is 0. The van der Waals surface area contributed by atoms with E-state index in [2.05, 4.69) is 10.3 Å². The third kappa shape index (κ3) is 3.03. The monoisotopic (exact) mass is 234 g/mol. The van der Waals surface area contributed by atoms with Crippen LogP contribution in [-0.4, -0.2) is 28.1 Å². The van der Waals surface area contributed by atoms with Crippen molar-refractivity contribution in [2.45, 2.75) is 38.2 Å². The van der Waals surface area contributed by atoms with Crippen LogP contribution in [0.1, 0.15) is 41.9 Å². The number of carbonyl (C=O) groups excluding carboxylic acids is 1. The topological polar surface area (TPSA) is 62.2 Å². The summed E-state index contributed by atoms with van der Waals surface area (Å²) in [6.07, 6.45) is 3.62. The van der Waals surface area contributed by atoms with Gasteiger partial charge in [-0.05, 0) is 31.9 Å². The van der Waals surface area contributed by atoms with Gasteiger partial charge in [-0.3, -0.25) is 4.79 Å². The third-order valence-electron chi connectivity index (χ3n) is 3.23. The fourth-order valence-corrected chi connectivity index (χ4v) is 2.21. The molecule has 4 nitrogen and oxygen atoms in total. The number of aliphatic hydroxyl groups is 1. The Morgan fingerprint density at radius 2 is 2.18 bits per heavy atom. The molecule has 0 spiro atoms. The van der Waals surface area contributed by atoms with Crippen LogP contribution in [0.25, 0.3) is 0 Å². The molecule has 0 aliphatic heterocycles. The van der Waals surface area contributed by atoms with Gasteiger partial charge in [-0.1, -0.05) is 18.9 Å². The largest absolute Gasteiger partial charge is 0.388 e. The van der Waals surface area contributed by atoms with Gasteiger partial charge in [-0.25, -0.2) is 4.98 Å². The number of aromatic nitrogens is 1. The minimum Gasteiger partial charge on any atom is -0.388 e. The van der Waals surface area contributed by atoms with Crippen molar-refractivity contribution in [3.63, 3.8) is 0 Å². The summed E-state index contributed by atoms with van der Waals surface area (Å²) in [5.74, 6) is -0.214. The molecule has 1 aliphatic carbocycles. The van der Waals surface area contributed by atoms with Crippen molar-refractivity contribution in [2.24, 2.45) is 0 Å². The maximum atomic E-state index is 11.8. The quantitative estimate of drug-likeness (QED) is 0.831. The number of amides is 1. The van der Waals surface area contributed by atoms with Crippen LogP contribution in [-0.2, 0) is 0 Å². The normalized spacial score (nSPS) is 18.0. The SMILES string of the molecule is Cc1cccc(C(=O)NCC2(O)CCCC2)n1.